The van der Waals surface area contributed by atoms with Gasteiger partial charge >= 0.3 is 0 Å². The fourth-order valence-corrected chi connectivity index (χ4v) is 9.20. The molecule has 0 saturated carbocycles. The fourth-order valence-electron chi connectivity index (χ4n) is 9.20. The summed E-state index contributed by atoms with van der Waals surface area (Å²) in [6, 6.07) is 31.8. The molecule has 0 unspecified atom stereocenters. The lowest BCUT2D eigenvalue weighted by molar-refractivity contribution is -0.0583. The molecule has 2 heterocycles. The van der Waals surface area contributed by atoms with Crippen molar-refractivity contribution in [3.05, 3.63) is 107 Å². The Labute approximate surface area is 257 Å². The second-order valence-electron chi connectivity index (χ2n) is 16.2. The Morgan fingerprint density at radius 1 is 0.429 bits per heavy atom. The number of likely N-dealkylation sites (tertiary alicyclic amines) is 2. The van der Waals surface area contributed by atoms with Crippen LogP contribution in [0.15, 0.2) is 84.9 Å². The molecule has 0 bridgehead atoms. The van der Waals surface area contributed by atoms with Gasteiger partial charge in [0.25, 0.3) is 0 Å². The molecule has 0 radical (unpaired) electrons. The maximum absolute atomic E-state index is 2.75. The van der Waals surface area contributed by atoms with Crippen molar-refractivity contribution in [2.24, 2.45) is 11.8 Å². The van der Waals surface area contributed by atoms with Crippen LogP contribution >= 0.6 is 0 Å². The maximum atomic E-state index is 2.75. The number of hydrogen-bond acceptors (Lipinski definition) is 2. The molecule has 0 aliphatic carbocycles. The van der Waals surface area contributed by atoms with Crippen LogP contribution in [-0.4, -0.2) is 32.0 Å². The van der Waals surface area contributed by atoms with Gasteiger partial charge in [-0.3, -0.25) is 9.80 Å². The molecule has 3 aromatic rings. The maximum Gasteiger partial charge on any atom is 0.0244 e. The monoisotopic (exact) mass is 564 g/mol. The van der Waals surface area contributed by atoms with Crippen molar-refractivity contribution in [2.45, 2.75) is 129 Å². The zero-order chi connectivity index (χ0) is 30.2. The molecule has 226 valence electrons. The molecule has 0 atom stereocenters. The van der Waals surface area contributed by atoms with E-state index in [0.29, 0.717) is 11.8 Å². The van der Waals surface area contributed by atoms with Crippen LogP contribution in [0.25, 0.3) is 0 Å². The Bertz CT molecular complexity index is 1150. The first kappa shape index (κ1) is 31.0. The van der Waals surface area contributed by atoms with Crippen LogP contribution in [0.2, 0.25) is 0 Å². The molecule has 2 nitrogen and oxygen atoms in total. The Balaban J connectivity index is 1.20. The molecule has 42 heavy (non-hydrogen) atoms. The molecule has 3 aromatic carbocycles. The highest BCUT2D eigenvalue weighted by molar-refractivity contribution is 5.25. The Hall–Kier alpha value is -2.42. The van der Waals surface area contributed by atoms with Crippen LogP contribution in [0.1, 0.15) is 103 Å². The lowest BCUT2D eigenvalue weighted by Crippen LogP contribution is -2.60. The van der Waals surface area contributed by atoms with E-state index >= 15 is 0 Å². The highest BCUT2D eigenvalue weighted by Gasteiger charge is 2.46. The van der Waals surface area contributed by atoms with Gasteiger partial charge in [-0.1, -0.05) is 84.9 Å². The molecule has 2 fully saturated rings. The number of hydrogen-bond donors (Lipinski definition) is 0. The first-order chi connectivity index (χ1) is 19.7. The first-order valence-electron chi connectivity index (χ1n) is 16.4. The average Bonchev–Trinajstić information content (AvgIpc) is 2.90. The highest BCUT2D eigenvalue weighted by Crippen LogP contribution is 2.45. The van der Waals surface area contributed by atoms with E-state index in [9.17, 15) is 0 Å². The van der Waals surface area contributed by atoms with Crippen molar-refractivity contribution in [3.63, 3.8) is 0 Å². The third-order valence-electron chi connectivity index (χ3n) is 10.5. The van der Waals surface area contributed by atoms with Crippen molar-refractivity contribution in [2.75, 3.05) is 0 Å². The number of benzene rings is 3. The van der Waals surface area contributed by atoms with E-state index in [1.165, 1.54) is 60.8 Å². The molecule has 2 aliphatic heterocycles. The van der Waals surface area contributed by atoms with Gasteiger partial charge < -0.3 is 0 Å². The molecule has 2 aliphatic rings. The molecular weight excluding hydrogens is 508 g/mol. The van der Waals surface area contributed by atoms with Crippen molar-refractivity contribution in [1.29, 1.82) is 0 Å². The summed E-state index contributed by atoms with van der Waals surface area (Å²) in [5.41, 5.74) is 6.56. The normalized spacial score (nSPS) is 22.7. The minimum absolute atomic E-state index is 0.178. The topological polar surface area (TPSA) is 6.48 Å². The van der Waals surface area contributed by atoms with E-state index in [1.54, 1.807) is 0 Å². The van der Waals surface area contributed by atoms with Gasteiger partial charge in [0.15, 0.2) is 0 Å². The SMILES string of the molecule is CC1(C)CC(Cc2ccc(CC3CC(C)(C)N(Cc4ccccc4)C(C)(C)C3)cc2)CC(C)(C)N1Cc1ccccc1. The summed E-state index contributed by atoms with van der Waals surface area (Å²) < 4.78 is 0. The van der Waals surface area contributed by atoms with Crippen LogP contribution in [0, 0.1) is 11.8 Å². The van der Waals surface area contributed by atoms with Gasteiger partial charge in [-0.2, -0.15) is 0 Å². The van der Waals surface area contributed by atoms with E-state index in [-0.39, 0.29) is 22.2 Å². The minimum Gasteiger partial charge on any atom is -0.289 e. The molecule has 2 saturated heterocycles. The first-order valence-corrected chi connectivity index (χ1v) is 16.4. The summed E-state index contributed by atoms with van der Waals surface area (Å²) in [6.07, 6.45) is 7.36. The van der Waals surface area contributed by atoms with E-state index in [2.05, 4.69) is 150 Å². The molecule has 0 N–H and O–H groups in total. The highest BCUT2D eigenvalue weighted by atomic mass is 15.3. The van der Waals surface area contributed by atoms with Gasteiger partial charge in [0.1, 0.15) is 0 Å². The second-order valence-corrected chi connectivity index (χ2v) is 16.2. The van der Waals surface area contributed by atoms with Gasteiger partial charge in [0.05, 0.1) is 0 Å². The van der Waals surface area contributed by atoms with Crippen LogP contribution in [0.4, 0.5) is 0 Å². The number of piperidine rings is 2. The number of nitrogens with zero attached hydrogens (tertiary/aromatic N) is 2. The molecule has 5 rings (SSSR count). The molecular formula is C40H56N2. The van der Waals surface area contributed by atoms with Gasteiger partial charge in [-0.25, -0.2) is 0 Å². The zero-order valence-electron chi connectivity index (χ0n) is 27.8. The molecule has 0 spiro atoms. The van der Waals surface area contributed by atoms with Crippen LogP contribution in [0.3, 0.4) is 0 Å². The van der Waals surface area contributed by atoms with Gasteiger partial charge in [0, 0.05) is 35.2 Å². The quantitative estimate of drug-likeness (QED) is 0.269. The van der Waals surface area contributed by atoms with E-state index < -0.39 is 0 Å². The molecule has 2 heteroatoms. The van der Waals surface area contributed by atoms with E-state index in [0.717, 1.165) is 13.1 Å². The Kier molecular flexibility index (Phi) is 8.81. The zero-order valence-corrected chi connectivity index (χ0v) is 27.8. The smallest absolute Gasteiger partial charge is 0.0244 e. The second kappa shape index (κ2) is 11.9. The summed E-state index contributed by atoms with van der Waals surface area (Å²) in [6.45, 7) is 21.7. The number of rotatable bonds is 8. The Morgan fingerprint density at radius 3 is 1.00 bits per heavy atom. The third-order valence-corrected chi connectivity index (χ3v) is 10.5. The summed E-state index contributed by atoms with van der Waals surface area (Å²) in [5.74, 6) is 1.42. The van der Waals surface area contributed by atoms with E-state index in [4.69, 9.17) is 0 Å². The largest absolute Gasteiger partial charge is 0.289 e. The Morgan fingerprint density at radius 2 is 0.714 bits per heavy atom. The lowest BCUT2D eigenvalue weighted by Gasteiger charge is -2.56. The van der Waals surface area contributed by atoms with Gasteiger partial charge in [0.2, 0.25) is 0 Å². The van der Waals surface area contributed by atoms with Crippen molar-refractivity contribution >= 4 is 0 Å². The predicted octanol–water partition coefficient (Wildman–Crippen LogP) is 9.71. The van der Waals surface area contributed by atoms with Crippen LogP contribution < -0.4 is 0 Å². The van der Waals surface area contributed by atoms with Crippen molar-refractivity contribution in [3.8, 4) is 0 Å². The van der Waals surface area contributed by atoms with Crippen molar-refractivity contribution in [1.82, 2.24) is 9.80 Å². The average molecular weight is 565 g/mol. The van der Waals surface area contributed by atoms with E-state index in [1.807, 2.05) is 0 Å². The summed E-state index contributed by atoms with van der Waals surface area (Å²) >= 11 is 0. The summed E-state index contributed by atoms with van der Waals surface area (Å²) in [5, 5.41) is 0. The van der Waals surface area contributed by atoms with Crippen LogP contribution in [0.5, 0.6) is 0 Å². The molecule has 0 amide bonds. The lowest BCUT2D eigenvalue weighted by atomic mass is 9.71. The van der Waals surface area contributed by atoms with Crippen molar-refractivity contribution < 1.29 is 0 Å². The molecule has 0 aromatic heterocycles. The van der Waals surface area contributed by atoms with Gasteiger partial charge in [-0.15, -0.1) is 0 Å². The third kappa shape index (κ3) is 7.20. The summed E-state index contributed by atoms with van der Waals surface area (Å²) in [7, 11) is 0. The van der Waals surface area contributed by atoms with Gasteiger partial charge in [-0.05, 0) is 128 Å². The van der Waals surface area contributed by atoms with Crippen LogP contribution in [-0.2, 0) is 25.9 Å². The standard InChI is InChI=1S/C40H56N2/c1-37(2)25-35(26-38(3,4)41(37)29-33-15-11-9-12-16-33)23-31-19-21-32(22-20-31)24-36-27-39(5,6)42(40(7,8)28-36)30-34-17-13-10-14-18-34/h9-22,35-36H,23-30H2,1-8H3. The predicted molar refractivity (Wildman–Crippen MR) is 180 cm³/mol. The fraction of sp³-hybridized carbons (Fsp3) is 0.550. The minimum atomic E-state index is 0.178. The summed E-state index contributed by atoms with van der Waals surface area (Å²) in [4.78, 5) is 5.51.